The Labute approximate surface area is 105 Å². The van der Waals surface area contributed by atoms with Crippen LogP contribution >= 0.6 is 23.5 Å². The summed E-state index contributed by atoms with van der Waals surface area (Å²) in [5, 5.41) is 0. The van der Waals surface area contributed by atoms with E-state index in [4.69, 9.17) is 0 Å². The molecule has 13 heteroatoms. The molecule has 0 unspecified atom stereocenters. The van der Waals surface area contributed by atoms with Crippen molar-refractivity contribution in [2.45, 2.75) is 0 Å². The molecule has 73 valence electrons. The van der Waals surface area contributed by atoms with E-state index in [-0.39, 0.29) is 40.8 Å². The average molecular weight is 381 g/mol. The fourth-order valence-corrected chi connectivity index (χ4v) is 4.51. The summed E-state index contributed by atoms with van der Waals surface area (Å²) < 4.78 is 40.3. The van der Waals surface area contributed by atoms with Gasteiger partial charge in [-0.05, 0) is 0 Å². The molecule has 1 aliphatic rings. The van der Waals surface area contributed by atoms with Crippen molar-refractivity contribution in [2.24, 2.45) is 0 Å². The van der Waals surface area contributed by atoms with Crippen molar-refractivity contribution in [2.75, 3.05) is 0 Å². The predicted octanol–water partition coefficient (Wildman–Crippen LogP) is -1.55. The maximum atomic E-state index is 10.2. The maximum absolute atomic E-state index is 10.2. The Bertz CT molecular complexity index is 259. The monoisotopic (exact) mass is 379 g/mol. The van der Waals surface area contributed by atoms with Crippen LogP contribution in [0.1, 0.15) is 0 Å². The van der Waals surface area contributed by atoms with E-state index in [2.05, 4.69) is 12.9 Å². The minimum atomic E-state index is -5.36. The molecule has 0 saturated carbocycles. The van der Waals surface area contributed by atoms with Crippen LogP contribution in [0.5, 0.6) is 0 Å². The van der Waals surface area contributed by atoms with Crippen LogP contribution in [0.15, 0.2) is 0 Å². The summed E-state index contributed by atoms with van der Waals surface area (Å²) in [7, 11) is -16.1. The van der Waals surface area contributed by atoms with E-state index in [0.717, 1.165) is 0 Å². The van der Waals surface area contributed by atoms with Crippen molar-refractivity contribution in [3.8, 4) is 0 Å². The van der Waals surface area contributed by atoms with Crippen LogP contribution in [-0.4, -0.2) is 0 Å². The Kier molecular flexibility index (Phi) is 4.95. The second-order valence-corrected chi connectivity index (χ2v) is 6.23. The van der Waals surface area contributed by atoms with Crippen LogP contribution in [0, 0.1) is 40.8 Å². The fraction of sp³-hybridized carbons (Fsp3) is 0. The van der Waals surface area contributed by atoms with Gasteiger partial charge in [-0.1, -0.05) is 0 Å². The summed E-state index contributed by atoms with van der Waals surface area (Å²) in [5.41, 5.74) is 0. The molecule has 13 heavy (non-hydrogen) atoms. The van der Waals surface area contributed by atoms with Gasteiger partial charge in [0.15, 0.2) is 0 Å². The van der Waals surface area contributed by atoms with Gasteiger partial charge in [-0.2, -0.15) is 0 Å². The Morgan fingerprint density at radius 1 is 0.692 bits per heavy atom. The van der Waals surface area contributed by atoms with Gasteiger partial charge in [0.25, 0.3) is 23.5 Å². The van der Waals surface area contributed by atoms with E-state index in [0.29, 0.717) is 0 Å². The van der Waals surface area contributed by atoms with Crippen LogP contribution < -0.4 is 14.7 Å². The molecular weight excluding hydrogens is 381 g/mol. The summed E-state index contributed by atoms with van der Waals surface area (Å²) >= 11 is 0. The minimum Gasteiger partial charge on any atom is -0.756 e. The van der Waals surface area contributed by atoms with Crippen molar-refractivity contribution in [3.63, 3.8) is 0 Å². The normalized spacial score (nSPS) is 51.0. The molecule has 1 saturated heterocycles. The second-order valence-electron chi connectivity index (χ2n) is 1.59. The second kappa shape index (κ2) is 4.35. The molecule has 0 aromatic rings. The van der Waals surface area contributed by atoms with Crippen molar-refractivity contribution in [1.29, 1.82) is 0 Å². The average Bonchev–Trinajstić information content (AvgIpc) is 1.44. The third kappa shape index (κ3) is 4.90. The van der Waals surface area contributed by atoms with Crippen LogP contribution in [0.3, 0.4) is 0 Å². The van der Waals surface area contributed by atoms with Gasteiger partial charge in [-0.3, -0.25) is 13.7 Å². The molecule has 0 spiro atoms. The Morgan fingerprint density at radius 2 is 0.846 bits per heavy atom. The van der Waals surface area contributed by atoms with E-state index in [9.17, 15) is 28.4 Å². The van der Waals surface area contributed by atoms with Gasteiger partial charge in [0.2, 0.25) is 0 Å². The quantitative estimate of drug-likeness (QED) is 0.455. The van der Waals surface area contributed by atoms with Gasteiger partial charge in [0.05, 0.1) is 0 Å². The summed E-state index contributed by atoms with van der Waals surface area (Å²) in [6.45, 7) is 0. The molecule has 1 rings (SSSR count). The molecule has 1 fully saturated rings. The smallest absolute Gasteiger partial charge is 0.756 e. The van der Waals surface area contributed by atoms with Gasteiger partial charge in [0, 0.05) is 0 Å². The van der Waals surface area contributed by atoms with E-state index in [1.54, 1.807) is 0 Å². The number of hydrogen-bond acceptors (Lipinski definition) is 9. The molecule has 1 radical (unpaired) electrons. The molecule has 1 heterocycles. The molecule has 0 atom stereocenters. The first-order chi connectivity index (χ1) is 5.12. The zero-order valence-electron chi connectivity index (χ0n) is 5.52. The molecule has 0 aromatic heterocycles. The zero-order valence-corrected chi connectivity index (χ0v) is 11.4. The molecule has 0 bridgehead atoms. The van der Waals surface area contributed by atoms with E-state index < -0.39 is 23.5 Å². The molecule has 0 amide bonds. The van der Waals surface area contributed by atoms with Crippen LogP contribution in [0.2, 0.25) is 0 Å². The first-order valence-electron chi connectivity index (χ1n) is 2.19. The first kappa shape index (κ1) is 14.8. The third-order valence-electron chi connectivity index (χ3n) is 0.600. The zero-order chi connectivity index (χ0) is 9.62. The van der Waals surface area contributed by atoms with Crippen molar-refractivity contribution in [1.82, 2.24) is 0 Å². The topological polar surface area (TPSA) is 148 Å². The molecular formula is NdO9P3. The largest absolute Gasteiger partial charge is 3.00 e. The van der Waals surface area contributed by atoms with Crippen molar-refractivity contribution in [3.05, 3.63) is 0 Å². The Morgan fingerprint density at radius 3 is 1.00 bits per heavy atom. The van der Waals surface area contributed by atoms with E-state index >= 15 is 0 Å². The summed E-state index contributed by atoms with van der Waals surface area (Å²) in [6, 6.07) is 0. The van der Waals surface area contributed by atoms with Crippen LogP contribution in [0.25, 0.3) is 0 Å². The minimum absolute atomic E-state index is 0. The summed E-state index contributed by atoms with van der Waals surface area (Å²) in [6.07, 6.45) is 0. The molecule has 1 aliphatic heterocycles. The molecule has 9 nitrogen and oxygen atoms in total. The fourth-order valence-electron chi connectivity index (χ4n) is 0.412. The van der Waals surface area contributed by atoms with Gasteiger partial charge >= 0.3 is 40.8 Å². The molecule has 0 aliphatic carbocycles. The third-order valence-corrected chi connectivity index (χ3v) is 5.40. The van der Waals surface area contributed by atoms with Gasteiger partial charge in [0.1, 0.15) is 0 Å². The summed E-state index contributed by atoms with van der Waals surface area (Å²) in [5.74, 6) is 0. The summed E-state index contributed by atoms with van der Waals surface area (Å²) in [4.78, 5) is 30.7. The Hall–Kier alpha value is 1.80. The Balaban J connectivity index is 0.00000144. The van der Waals surface area contributed by atoms with Crippen LogP contribution in [-0.2, 0) is 26.6 Å². The van der Waals surface area contributed by atoms with Gasteiger partial charge < -0.3 is 14.7 Å². The molecule has 0 aromatic carbocycles. The van der Waals surface area contributed by atoms with Crippen LogP contribution in [0.4, 0.5) is 0 Å². The number of hydrogen-bond donors (Lipinski definition) is 0. The molecule has 0 N–H and O–H groups in total. The van der Waals surface area contributed by atoms with Gasteiger partial charge in [-0.15, -0.1) is 0 Å². The predicted molar refractivity (Wildman–Crippen MR) is 26.1 cm³/mol. The number of phosphoric acid groups is 3. The van der Waals surface area contributed by atoms with E-state index in [1.807, 2.05) is 0 Å². The van der Waals surface area contributed by atoms with E-state index in [1.165, 1.54) is 0 Å². The first-order valence-corrected chi connectivity index (χ1v) is 6.57. The number of rotatable bonds is 0. The van der Waals surface area contributed by atoms with Crippen molar-refractivity contribution >= 4 is 23.5 Å². The standard InChI is InChI=1S/Nd.H3O9P3/c;1-10(2)7-11(3,4)9-12(5,6)8-10/h;(H,1,2)(H,3,4)(H,5,6)/q+3;/p-3. The maximum Gasteiger partial charge on any atom is 3.00 e. The van der Waals surface area contributed by atoms with Gasteiger partial charge in [-0.25, -0.2) is 12.9 Å². The van der Waals surface area contributed by atoms with Crippen molar-refractivity contribution < 1.29 is 82.1 Å². The SMILES string of the molecule is O=P1([O-])OP(=O)([O-])OP(=O)([O-])O1.[Nd+3].